The quantitative estimate of drug-likeness (QED) is 0.533. The van der Waals surface area contributed by atoms with Crippen molar-refractivity contribution < 1.29 is 0 Å². The smallest absolute Gasteiger partial charge is 0.00311 e. The minimum atomic E-state index is 0.921. The summed E-state index contributed by atoms with van der Waals surface area (Å²) in [5.74, 6) is 0.921. The molecule has 0 aliphatic carbocycles. The fraction of sp³-hybridized carbons (Fsp3) is 1.00. The van der Waals surface area contributed by atoms with Gasteiger partial charge in [0.05, 0.1) is 0 Å². The van der Waals surface area contributed by atoms with Crippen LogP contribution in [0, 0.1) is 5.92 Å². The molecule has 0 aromatic carbocycles. The molecule has 0 aromatic heterocycles. The Morgan fingerprint density at radius 3 is 2.62 bits per heavy atom. The third-order valence-corrected chi connectivity index (χ3v) is 1.63. The second kappa shape index (κ2) is 2.46. The molecule has 0 radical (unpaired) electrons. The molecular weight excluding hydrogens is 100 g/mol. The van der Waals surface area contributed by atoms with Crippen molar-refractivity contribution in [2.75, 3.05) is 33.7 Å². The fourth-order valence-corrected chi connectivity index (χ4v) is 1.25. The normalized spacial score (nSPS) is 23.2. The molecule has 0 atom stereocenters. The lowest BCUT2D eigenvalue weighted by atomic mass is 10.0. The van der Waals surface area contributed by atoms with Crippen LogP contribution >= 0.6 is 0 Å². The molecule has 2 nitrogen and oxygen atoms in total. The van der Waals surface area contributed by atoms with Crippen LogP contribution in [0.5, 0.6) is 0 Å². The van der Waals surface area contributed by atoms with Gasteiger partial charge in [0.15, 0.2) is 0 Å². The Labute approximate surface area is 50.9 Å². The van der Waals surface area contributed by atoms with Crippen molar-refractivity contribution in [3.05, 3.63) is 0 Å². The van der Waals surface area contributed by atoms with Gasteiger partial charge in [-0.05, 0) is 20.0 Å². The molecule has 1 heterocycles. The molecule has 0 unspecified atom stereocenters. The zero-order valence-corrected chi connectivity index (χ0v) is 5.65. The predicted octanol–water partition coefficient (Wildman–Crippen LogP) is -0.233. The van der Waals surface area contributed by atoms with Gasteiger partial charge in [-0.2, -0.15) is 0 Å². The van der Waals surface area contributed by atoms with Crippen LogP contribution in [0.3, 0.4) is 0 Å². The van der Waals surface area contributed by atoms with Crippen LogP contribution in [0.1, 0.15) is 0 Å². The third-order valence-electron chi connectivity index (χ3n) is 1.63. The van der Waals surface area contributed by atoms with Crippen LogP contribution in [-0.2, 0) is 0 Å². The predicted molar refractivity (Wildman–Crippen MR) is 34.9 cm³/mol. The van der Waals surface area contributed by atoms with Crippen molar-refractivity contribution in [1.29, 1.82) is 0 Å². The maximum atomic E-state index is 3.16. The van der Waals surface area contributed by atoms with Gasteiger partial charge >= 0.3 is 0 Å². The van der Waals surface area contributed by atoms with E-state index in [-0.39, 0.29) is 0 Å². The van der Waals surface area contributed by atoms with Crippen molar-refractivity contribution in [2.45, 2.75) is 0 Å². The number of rotatable bonds is 2. The molecule has 48 valence electrons. The highest BCUT2D eigenvalue weighted by molar-refractivity contribution is 4.77. The largest absolute Gasteiger partial charge is 0.319 e. The van der Waals surface area contributed by atoms with Crippen LogP contribution in [-0.4, -0.2) is 38.6 Å². The second-order valence-corrected chi connectivity index (χ2v) is 2.64. The van der Waals surface area contributed by atoms with Gasteiger partial charge in [-0.1, -0.05) is 0 Å². The molecule has 1 rings (SSSR count). The zero-order chi connectivity index (χ0) is 5.98. The molecule has 8 heavy (non-hydrogen) atoms. The van der Waals surface area contributed by atoms with Crippen LogP contribution in [0.4, 0.5) is 0 Å². The second-order valence-electron chi connectivity index (χ2n) is 2.64. The Balaban J connectivity index is 1.98. The minimum absolute atomic E-state index is 0.921. The van der Waals surface area contributed by atoms with Crippen molar-refractivity contribution in [2.24, 2.45) is 5.92 Å². The summed E-state index contributed by atoms with van der Waals surface area (Å²) in [5, 5.41) is 3.16. The molecule has 2 heteroatoms. The first-order valence-electron chi connectivity index (χ1n) is 3.16. The van der Waals surface area contributed by atoms with Gasteiger partial charge in [0, 0.05) is 19.6 Å². The molecule has 0 spiro atoms. The average molecular weight is 114 g/mol. The maximum absolute atomic E-state index is 3.16. The third kappa shape index (κ3) is 1.20. The number of hydrogen-bond acceptors (Lipinski definition) is 2. The Morgan fingerprint density at radius 2 is 2.25 bits per heavy atom. The molecule has 1 saturated heterocycles. The lowest BCUT2D eigenvalue weighted by Crippen LogP contribution is -2.47. The van der Waals surface area contributed by atoms with Crippen LogP contribution in [0.15, 0.2) is 0 Å². The Morgan fingerprint density at radius 1 is 1.62 bits per heavy atom. The van der Waals surface area contributed by atoms with E-state index in [0.29, 0.717) is 0 Å². The lowest BCUT2D eigenvalue weighted by molar-refractivity contribution is 0.135. The molecule has 0 aromatic rings. The van der Waals surface area contributed by atoms with E-state index < -0.39 is 0 Å². The highest BCUT2D eigenvalue weighted by atomic mass is 15.2. The van der Waals surface area contributed by atoms with E-state index >= 15 is 0 Å². The summed E-state index contributed by atoms with van der Waals surface area (Å²) in [4.78, 5) is 2.34. The first-order valence-corrected chi connectivity index (χ1v) is 3.16. The van der Waals surface area contributed by atoms with Gasteiger partial charge in [-0.3, -0.25) is 0 Å². The van der Waals surface area contributed by atoms with Crippen molar-refractivity contribution >= 4 is 0 Å². The van der Waals surface area contributed by atoms with Gasteiger partial charge in [0.25, 0.3) is 0 Å². The minimum Gasteiger partial charge on any atom is -0.319 e. The van der Waals surface area contributed by atoms with Crippen molar-refractivity contribution in [3.63, 3.8) is 0 Å². The molecule has 1 fully saturated rings. The highest BCUT2D eigenvalue weighted by Gasteiger charge is 2.21. The van der Waals surface area contributed by atoms with Gasteiger partial charge in [-0.15, -0.1) is 0 Å². The fourth-order valence-electron chi connectivity index (χ4n) is 1.25. The number of nitrogens with one attached hydrogen (secondary N) is 1. The van der Waals surface area contributed by atoms with E-state index in [1.807, 2.05) is 7.05 Å². The van der Waals surface area contributed by atoms with Gasteiger partial charge < -0.3 is 10.2 Å². The van der Waals surface area contributed by atoms with E-state index in [1.54, 1.807) is 0 Å². The Bertz CT molecular complexity index is 64.2. The van der Waals surface area contributed by atoms with Gasteiger partial charge in [0.2, 0.25) is 0 Å². The number of likely N-dealkylation sites (tertiary alicyclic amines) is 1. The van der Waals surface area contributed by atoms with Crippen LogP contribution in [0.25, 0.3) is 0 Å². The Hall–Kier alpha value is -0.0800. The first kappa shape index (κ1) is 6.05. The molecule has 0 saturated carbocycles. The summed E-state index contributed by atoms with van der Waals surface area (Å²) in [5.41, 5.74) is 0. The molecule has 1 aliphatic heterocycles. The van der Waals surface area contributed by atoms with Crippen LogP contribution < -0.4 is 5.32 Å². The molecule has 1 N–H and O–H groups in total. The number of nitrogens with zero attached hydrogens (tertiary/aromatic N) is 1. The summed E-state index contributed by atoms with van der Waals surface area (Å²) in [6, 6.07) is 0. The molecule has 0 amide bonds. The monoisotopic (exact) mass is 114 g/mol. The first-order chi connectivity index (χ1) is 3.83. The van der Waals surface area contributed by atoms with E-state index in [4.69, 9.17) is 0 Å². The summed E-state index contributed by atoms with van der Waals surface area (Å²) in [6.45, 7) is 3.74. The maximum Gasteiger partial charge on any atom is 0.00311 e. The van der Waals surface area contributed by atoms with Gasteiger partial charge in [-0.25, -0.2) is 0 Å². The van der Waals surface area contributed by atoms with Crippen molar-refractivity contribution in [3.8, 4) is 0 Å². The molecule has 1 aliphatic rings. The lowest BCUT2D eigenvalue weighted by Gasteiger charge is -2.35. The van der Waals surface area contributed by atoms with E-state index in [2.05, 4.69) is 17.3 Å². The summed E-state index contributed by atoms with van der Waals surface area (Å²) < 4.78 is 0. The number of hydrogen-bond donors (Lipinski definition) is 1. The highest BCUT2D eigenvalue weighted by Crippen LogP contribution is 2.10. The van der Waals surface area contributed by atoms with Crippen LogP contribution in [0.2, 0.25) is 0 Å². The molecule has 0 bridgehead atoms. The standard InChI is InChI=1S/C6H14N2/c1-7-3-6-4-8(2)5-6/h6-7H,3-5H2,1-2H3. The van der Waals surface area contributed by atoms with Gasteiger partial charge in [0.1, 0.15) is 0 Å². The van der Waals surface area contributed by atoms with Crippen molar-refractivity contribution in [1.82, 2.24) is 10.2 Å². The van der Waals surface area contributed by atoms with E-state index in [0.717, 1.165) is 5.92 Å². The summed E-state index contributed by atoms with van der Waals surface area (Å²) in [7, 11) is 4.17. The molecular formula is C6H14N2. The Kier molecular flexibility index (Phi) is 1.86. The SMILES string of the molecule is CNCC1CN(C)C1. The summed E-state index contributed by atoms with van der Waals surface area (Å²) >= 11 is 0. The summed E-state index contributed by atoms with van der Waals surface area (Å²) in [6.07, 6.45) is 0. The average Bonchev–Trinajstić information content (AvgIpc) is 1.64. The zero-order valence-electron chi connectivity index (χ0n) is 5.65. The topological polar surface area (TPSA) is 15.3 Å². The van der Waals surface area contributed by atoms with E-state index in [9.17, 15) is 0 Å². The van der Waals surface area contributed by atoms with E-state index in [1.165, 1.54) is 19.6 Å².